The van der Waals surface area contributed by atoms with E-state index in [0.29, 0.717) is 10.6 Å². The van der Waals surface area contributed by atoms with E-state index in [1.165, 1.54) is 6.07 Å². The standard InChI is InChI=1S/C12H7ClF2/c13-10-3-1-2-8(6-10)9-4-5-11(14)12(15)7-9/h1-7H. The van der Waals surface area contributed by atoms with Crippen LogP contribution in [0.2, 0.25) is 5.02 Å². The molecule has 0 heterocycles. The highest BCUT2D eigenvalue weighted by molar-refractivity contribution is 6.30. The summed E-state index contributed by atoms with van der Waals surface area (Å²) in [4.78, 5) is 0. The third-order valence-corrected chi connectivity index (χ3v) is 2.31. The first-order chi connectivity index (χ1) is 7.16. The van der Waals surface area contributed by atoms with Gasteiger partial charge in [0.15, 0.2) is 11.6 Å². The Morgan fingerprint density at radius 1 is 0.800 bits per heavy atom. The van der Waals surface area contributed by atoms with E-state index in [2.05, 4.69) is 0 Å². The van der Waals surface area contributed by atoms with Gasteiger partial charge in [0.2, 0.25) is 0 Å². The van der Waals surface area contributed by atoms with Gasteiger partial charge in [-0.1, -0.05) is 29.8 Å². The maximum Gasteiger partial charge on any atom is 0.159 e. The molecule has 76 valence electrons. The number of benzene rings is 2. The van der Waals surface area contributed by atoms with Crippen LogP contribution in [0.4, 0.5) is 8.78 Å². The minimum Gasteiger partial charge on any atom is -0.204 e. The summed E-state index contributed by atoms with van der Waals surface area (Å²) in [5.41, 5.74) is 1.37. The Labute approximate surface area is 91.1 Å². The second kappa shape index (κ2) is 3.99. The van der Waals surface area contributed by atoms with Crippen LogP contribution in [0.5, 0.6) is 0 Å². The van der Waals surface area contributed by atoms with Crippen LogP contribution in [0.25, 0.3) is 11.1 Å². The third kappa shape index (κ3) is 2.16. The molecule has 0 spiro atoms. The molecule has 2 aromatic rings. The van der Waals surface area contributed by atoms with Crippen LogP contribution < -0.4 is 0 Å². The van der Waals surface area contributed by atoms with Gasteiger partial charge < -0.3 is 0 Å². The Balaban J connectivity index is 2.50. The van der Waals surface area contributed by atoms with E-state index >= 15 is 0 Å². The zero-order valence-electron chi connectivity index (χ0n) is 7.68. The average Bonchev–Trinajstić information content (AvgIpc) is 2.22. The van der Waals surface area contributed by atoms with Gasteiger partial charge in [0.1, 0.15) is 0 Å². The number of rotatable bonds is 1. The largest absolute Gasteiger partial charge is 0.204 e. The minimum atomic E-state index is -0.854. The van der Waals surface area contributed by atoms with E-state index in [-0.39, 0.29) is 0 Å². The Bertz CT molecular complexity index is 495. The zero-order valence-corrected chi connectivity index (χ0v) is 8.43. The van der Waals surface area contributed by atoms with Gasteiger partial charge in [-0.05, 0) is 35.4 Å². The molecule has 0 aliphatic heterocycles. The summed E-state index contributed by atoms with van der Waals surface area (Å²) in [7, 11) is 0. The SMILES string of the molecule is Fc1ccc(-c2cccc(Cl)c2)cc1F. The van der Waals surface area contributed by atoms with Crippen molar-refractivity contribution in [3.05, 3.63) is 59.1 Å². The van der Waals surface area contributed by atoms with Crippen molar-refractivity contribution in [3.63, 3.8) is 0 Å². The van der Waals surface area contributed by atoms with Crippen molar-refractivity contribution in [2.45, 2.75) is 0 Å². The fourth-order valence-electron chi connectivity index (χ4n) is 1.34. The first kappa shape index (κ1) is 10.1. The molecule has 0 saturated heterocycles. The predicted octanol–water partition coefficient (Wildman–Crippen LogP) is 4.29. The highest BCUT2D eigenvalue weighted by Crippen LogP contribution is 2.23. The van der Waals surface area contributed by atoms with Crippen LogP contribution in [0, 0.1) is 11.6 Å². The van der Waals surface area contributed by atoms with Gasteiger partial charge in [-0.2, -0.15) is 0 Å². The van der Waals surface area contributed by atoms with Crippen LogP contribution in [-0.4, -0.2) is 0 Å². The van der Waals surface area contributed by atoms with Gasteiger partial charge in [0.05, 0.1) is 0 Å². The summed E-state index contributed by atoms with van der Waals surface area (Å²) in [6.07, 6.45) is 0. The van der Waals surface area contributed by atoms with Gasteiger partial charge in [0, 0.05) is 5.02 Å². The molecule has 0 radical (unpaired) electrons. The summed E-state index contributed by atoms with van der Waals surface area (Å²) >= 11 is 5.80. The second-order valence-electron chi connectivity index (χ2n) is 3.14. The molecule has 0 N–H and O–H groups in total. The van der Waals surface area contributed by atoms with E-state index < -0.39 is 11.6 Å². The lowest BCUT2D eigenvalue weighted by Gasteiger charge is -2.02. The first-order valence-corrected chi connectivity index (χ1v) is 4.75. The molecule has 15 heavy (non-hydrogen) atoms. The lowest BCUT2D eigenvalue weighted by atomic mass is 10.1. The predicted molar refractivity (Wildman–Crippen MR) is 56.8 cm³/mol. The van der Waals surface area contributed by atoms with Gasteiger partial charge in [0.25, 0.3) is 0 Å². The molecule has 0 atom stereocenters. The molecule has 0 bridgehead atoms. The highest BCUT2D eigenvalue weighted by atomic mass is 35.5. The molecule has 0 nitrogen and oxygen atoms in total. The summed E-state index contributed by atoms with van der Waals surface area (Å²) < 4.78 is 25.7. The van der Waals surface area contributed by atoms with Crippen LogP contribution >= 0.6 is 11.6 Å². The van der Waals surface area contributed by atoms with Gasteiger partial charge >= 0.3 is 0 Å². The molecule has 0 aliphatic carbocycles. The Hall–Kier alpha value is -1.41. The Kier molecular flexibility index (Phi) is 2.69. The number of hydrogen-bond donors (Lipinski definition) is 0. The van der Waals surface area contributed by atoms with Gasteiger partial charge in [-0.3, -0.25) is 0 Å². The Morgan fingerprint density at radius 3 is 2.20 bits per heavy atom. The highest BCUT2D eigenvalue weighted by Gasteiger charge is 2.04. The molecule has 2 rings (SSSR count). The maximum atomic E-state index is 13.0. The number of halogens is 3. The normalized spacial score (nSPS) is 10.3. The van der Waals surface area contributed by atoms with E-state index in [0.717, 1.165) is 17.7 Å². The van der Waals surface area contributed by atoms with Crippen molar-refractivity contribution in [2.24, 2.45) is 0 Å². The molecule has 3 heteroatoms. The van der Waals surface area contributed by atoms with Gasteiger partial charge in [-0.15, -0.1) is 0 Å². The molecule has 0 amide bonds. The van der Waals surface area contributed by atoms with Crippen LogP contribution in [0.1, 0.15) is 0 Å². The van der Waals surface area contributed by atoms with Crippen LogP contribution in [0.3, 0.4) is 0 Å². The minimum absolute atomic E-state index is 0.567. The summed E-state index contributed by atoms with van der Waals surface area (Å²) in [5.74, 6) is -1.70. The van der Waals surface area contributed by atoms with Crippen molar-refractivity contribution in [2.75, 3.05) is 0 Å². The van der Waals surface area contributed by atoms with Crippen LogP contribution in [0.15, 0.2) is 42.5 Å². The zero-order chi connectivity index (χ0) is 10.8. The first-order valence-electron chi connectivity index (χ1n) is 4.38. The molecule has 0 aliphatic rings. The molecule has 2 aromatic carbocycles. The quantitative estimate of drug-likeness (QED) is 0.678. The maximum absolute atomic E-state index is 13.0. The summed E-state index contributed by atoms with van der Waals surface area (Å²) in [5, 5.41) is 0.567. The fraction of sp³-hybridized carbons (Fsp3) is 0. The molecule has 0 saturated carbocycles. The monoisotopic (exact) mass is 224 g/mol. The second-order valence-corrected chi connectivity index (χ2v) is 3.58. The van der Waals surface area contributed by atoms with E-state index in [1.807, 2.05) is 0 Å². The van der Waals surface area contributed by atoms with E-state index in [1.54, 1.807) is 24.3 Å². The molecule has 0 fully saturated rings. The topological polar surface area (TPSA) is 0 Å². The molecule has 0 unspecified atom stereocenters. The van der Waals surface area contributed by atoms with Crippen molar-refractivity contribution < 1.29 is 8.78 Å². The van der Waals surface area contributed by atoms with Crippen molar-refractivity contribution in [1.82, 2.24) is 0 Å². The summed E-state index contributed by atoms with van der Waals surface area (Å²) in [6.45, 7) is 0. The molecular weight excluding hydrogens is 218 g/mol. The van der Waals surface area contributed by atoms with Crippen molar-refractivity contribution in [3.8, 4) is 11.1 Å². The van der Waals surface area contributed by atoms with Crippen molar-refractivity contribution in [1.29, 1.82) is 0 Å². The third-order valence-electron chi connectivity index (χ3n) is 2.08. The average molecular weight is 225 g/mol. The number of hydrogen-bond acceptors (Lipinski definition) is 0. The van der Waals surface area contributed by atoms with Crippen molar-refractivity contribution >= 4 is 11.6 Å². The van der Waals surface area contributed by atoms with Crippen LogP contribution in [-0.2, 0) is 0 Å². The van der Waals surface area contributed by atoms with E-state index in [4.69, 9.17) is 11.6 Å². The fourth-order valence-corrected chi connectivity index (χ4v) is 1.53. The van der Waals surface area contributed by atoms with E-state index in [9.17, 15) is 8.78 Å². The summed E-state index contributed by atoms with van der Waals surface area (Å²) in [6, 6.07) is 10.8. The molecule has 0 aromatic heterocycles. The lowest BCUT2D eigenvalue weighted by molar-refractivity contribution is 0.509. The molecular formula is C12H7ClF2. The smallest absolute Gasteiger partial charge is 0.159 e. The lowest BCUT2D eigenvalue weighted by Crippen LogP contribution is -1.85. The Morgan fingerprint density at radius 2 is 1.53 bits per heavy atom. The van der Waals surface area contributed by atoms with Gasteiger partial charge in [-0.25, -0.2) is 8.78 Å².